The van der Waals surface area contributed by atoms with Gasteiger partial charge in [0.15, 0.2) is 11.6 Å². The molecule has 0 radical (unpaired) electrons. The average Bonchev–Trinajstić information content (AvgIpc) is 2.96. The first-order valence-electron chi connectivity index (χ1n) is 8.13. The van der Waals surface area contributed by atoms with Crippen LogP contribution in [0.4, 0.5) is 13.2 Å². The topological polar surface area (TPSA) is 39.1 Å². The van der Waals surface area contributed by atoms with E-state index in [2.05, 4.69) is 10.4 Å². The van der Waals surface area contributed by atoms with Crippen molar-refractivity contribution >= 4 is 23.3 Å². The highest BCUT2D eigenvalue weighted by molar-refractivity contribution is 5.86. The maximum absolute atomic E-state index is 13.7. The first-order valence-corrected chi connectivity index (χ1v) is 8.13. The lowest BCUT2D eigenvalue weighted by Crippen LogP contribution is -2.34. The van der Waals surface area contributed by atoms with Gasteiger partial charge < -0.3 is 10.1 Å². The maximum Gasteiger partial charge on any atom is 0.241 e. The molecule has 1 N–H and O–H groups in total. The molecule has 0 spiro atoms. The van der Waals surface area contributed by atoms with Crippen LogP contribution in [0.3, 0.4) is 0 Å². The minimum Gasteiger partial charge on any atom is -0.473 e. The van der Waals surface area contributed by atoms with Crippen molar-refractivity contribution < 1.29 is 17.9 Å². The summed E-state index contributed by atoms with van der Waals surface area (Å²) in [4.78, 5) is 0. The lowest BCUT2D eigenvalue weighted by atomic mass is 10.1. The highest BCUT2D eigenvalue weighted by Gasteiger charge is 2.20. The molecule has 1 fully saturated rings. The second-order valence-electron chi connectivity index (χ2n) is 6.04. The fraction of sp³-hybridized carbons (Fsp3) is 0.278. The highest BCUT2D eigenvalue weighted by atomic mass is 35.5. The van der Waals surface area contributed by atoms with Gasteiger partial charge in [-0.1, -0.05) is 0 Å². The van der Waals surface area contributed by atoms with Crippen LogP contribution < -0.4 is 10.1 Å². The molecule has 0 saturated carbocycles. The molecule has 0 atom stereocenters. The van der Waals surface area contributed by atoms with E-state index < -0.39 is 17.5 Å². The third-order valence-corrected chi connectivity index (χ3v) is 4.32. The fourth-order valence-corrected chi connectivity index (χ4v) is 3.03. The van der Waals surface area contributed by atoms with E-state index in [4.69, 9.17) is 4.74 Å². The number of benzene rings is 2. The van der Waals surface area contributed by atoms with Gasteiger partial charge in [-0.3, -0.25) is 0 Å². The number of nitrogens with zero attached hydrogens (tertiary/aromatic N) is 2. The predicted octanol–water partition coefficient (Wildman–Crippen LogP) is 4.00. The molecule has 1 aliphatic rings. The maximum atomic E-state index is 13.7. The Balaban J connectivity index is 0.00000196. The SMILES string of the molecule is Cl.Fc1ccc2c(c1)c(OC1CCNCC1)nn2-c1ccc(F)c(F)c1. The van der Waals surface area contributed by atoms with Crippen LogP contribution in [0.2, 0.25) is 0 Å². The third kappa shape index (κ3) is 3.50. The lowest BCUT2D eigenvalue weighted by Gasteiger charge is -2.22. The Hall–Kier alpha value is -2.25. The molecule has 4 rings (SSSR count). The first-order chi connectivity index (χ1) is 12.1. The van der Waals surface area contributed by atoms with Gasteiger partial charge in [0.2, 0.25) is 5.88 Å². The summed E-state index contributed by atoms with van der Waals surface area (Å²) in [7, 11) is 0. The Kier molecular flexibility index (Phi) is 5.38. The Labute approximate surface area is 154 Å². The van der Waals surface area contributed by atoms with Gasteiger partial charge in [0, 0.05) is 6.07 Å². The zero-order valence-electron chi connectivity index (χ0n) is 13.7. The predicted molar refractivity (Wildman–Crippen MR) is 94.7 cm³/mol. The van der Waals surface area contributed by atoms with Crippen molar-refractivity contribution in [3.05, 3.63) is 53.8 Å². The minimum atomic E-state index is -0.968. The monoisotopic (exact) mass is 383 g/mol. The molecule has 8 heteroatoms. The molecule has 2 heterocycles. The second-order valence-corrected chi connectivity index (χ2v) is 6.04. The molecule has 26 heavy (non-hydrogen) atoms. The average molecular weight is 384 g/mol. The van der Waals surface area contributed by atoms with E-state index in [9.17, 15) is 13.2 Å². The largest absolute Gasteiger partial charge is 0.473 e. The summed E-state index contributed by atoms with van der Waals surface area (Å²) in [5, 5.41) is 8.13. The number of rotatable bonds is 3. The Morgan fingerprint density at radius 2 is 1.77 bits per heavy atom. The van der Waals surface area contributed by atoms with Gasteiger partial charge in [-0.25, -0.2) is 17.9 Å². The van der Waals surface area contributed by atoms with E-state index in [1.807, 2.05) is 0 Å². The summed E-state index contributed by atoms with van der Waals surface area (Å²) < 4.78 is 47.9. The number of fused-ring (bicyclic) bond motifs is 1. The van der Waals surface area contributed by atoms with Gasteiger partial charge in [0.1, 0.15) is 11.9 Å². The van der Waals surface area contributed by atoms with Gasteiger partial charge in [0.05, 0.1) is 16.6 Å². The Bertz CT molecular complexity index is 925. The van der Waals surface area contributed by atoms with Crippen LogP contribution in [-0.4, -0.2) is 29.0 Å². The van der Waals surface area contributed by atoms with E-state index in [-0.39, 0.29) is 18.5 Å². The van der Waals surface area contributed by atoms with E-state index in [0.717, 1.165) is 38.1 Å². The number of halogens is 4. The van der Waals surface area contributed by atoms with Crippen LogP contribution in [0.15, 0.2) is 36.4 Å². The van der Waals surface area contributed by atoms with Crippen LogP contribution in [0.25, 0.3) is 16.6 Å². The number of hydrogen-bond acceptors (Lipinski definition) is 3. The number of ether oxygens (including phenoxy) is 1. The van der Waals surface area contributed by atoms with Crippen molar-refractivity contribution in [1.82, 2.24) is 15.1 Å². The van der Waals surface area contributed by atoms with E-state index in [0.29, 0.717) is 22.5 Å². The summed E-state index contributed by atoms with van der Waals surface area (Å²) in [6, 6.07) is 7.70. The van der Waals surface area contributed by atoms with Crippen molar-refractivity contribution in [2.45, 2.75) is 18.9 Å². The minimum absolute atomic E-state index is 0. The molecular formula is C18H17ClF3N3O. The Morgan fingerprint density at radius 3 is 2.50 bits per heavy atom. The molecule has 1 aliphatic heterocycles. The highest BCUT2D eigenvalue weighted by Crippen LogP contribution is 2.30. The molecule has 0 bridgehead atoms. The Morgan fingerprint density at radius 1 is 1.00 bits per heavy atom. The van der Waals surface area contributed by atoms with Gasteiger partial charge >= 0.3 is 0 Å². The molecule has 138 valence electrons. The normalized spacial score (nSPS) is 15.0. The zero-order valence-corrected chi connectivity index (χ0v) is 14.5. The lowest BCUT2D eigenvalue weighted by molar-refractivity contribution is 0.157. The first kappa shape index (κ1) is 18.5. The van der Waals surface area contributed by atoms with Crippen LogP contribution in [-0.2, 0) is 0 Å². The van der Waals surface area contributed by atoms with E-state index in [1.54, 1.807) is 6.07 Å². The van der Waals surface area contributed by atoms with Crippen molar-refractivity contribution in [3.8, 4) is 11.6 Å². The summed E-state index contributed by atoms with van der Waals surface area (Å²) in [6.07, 6.45) is 1.64. The molecule has 1 saturated heterocycles. The van der Waals surface area contributed by atoms with Crippen LogP contribution in [0.1, 0.15) is 12.8 Å². The van der Waals surface area contributed by atoms with E-state index in [1.165, 1.54) is 22.9 Å². The van der Waals surface area contributed by atoms with Gasteiger partial charge in [-0.2, -0.15) is 0 Å². The smallest absolute Gasteiger partial charge is 0.241 e. The summed E-state index contributed by atoms with van der Waals surface area (Å²) >= 11 is 0. The quantitative estimate of drug-likeness (QED) is 0.743. The van der Waals surface area contributed by atoms with Crippen LogP contribution in [0.5, 0.6) is 5.88 Å². The number of nitrogens with one attached hydrogen (secondary N) is 1. The molecule has 1 aromatic heterocycles. The summed E-state index contributed by atoms with van der Waals surface area (Å²) in [5.74, 6) is -2.01. The van der Waals surface area contributed by atoms with Crippen molar-refractivity contribution in [2.24, 2.45) is 0 Å². The van der Waals surface area contributed by atoms with Gasteiger partial charge in [0.25, 0.3) is 0 Å². The second kappa shape index (κ2) is 7.55. The molecule has 0 amide bonds. The molecular weight excluding hydrogens is 367 g/mol. The molecule has 2 aromatic carbocycles. The van der Waals surface area contributed by atoms with Gasteiger partial charge in [-0.15, -0.1) is 17.5 Å². The van der Waals surface area contributed by atoms with Crippen LogP contribution in [0, 0.1) is 17.5 Å². The molecule has 3 aromatic rings. The fourth-order valence-electron chi connectivity index (χ4n) is 3.03. The number of aromatic nitrogens is 2. The third-order valence-electron chi connectivity index (χ3n) is 4.32. The molecule has 0 aliphatic carbocycles. The zero-order chi connectivity index (χ0) is 17.4. The summed E-state index contributed by atoms with van der Waals surface area (Å²) in [6.45, 7) is 1.70. The standard InChI is InChI=1S/C18H16F3N3O.ClH/c19-11-1-4-17-14(9-11)18(25-13-5-7-22-8-6-13)23-24(17)12-2-3-15(20)16(21)10-12;/h1-4,9-10,13,22H,5-8H2;1H. The molecule has 0 unspecified atom stereocenters. The molecule has 4 nitrogen and oxygen atoms in total. The number of hydrogen-bond donors (Lipinski definition) is 1. The van der Waals surface area contributed by atoms with Gasteiger partial charge in [-0.05, 0) is 56.3 Å². The van der Waals surface area contributed by atoms with Crippen LogP contribution >= 0.6 is 12.4 Å². The van der Waals surface area contributed by atoms with Crippen molar-refractivity contribution in [1.29, 1.82) is 0 Å². The van der Waals surface area contributed by atoms with Crippen molar-refractivity contribution in [2.75, 3.05) is 13.1 Å². The van der Waals surface area contributed by atoms with E-state index >= 15 is 0 Å². The van der Waals surface area contributed by atoms with Crippen molar-refractivity contribution in [3.63, 3.8) is 0 Å². The summed E-state index contributed by atoms with van der Waals surface area (Å²) in [5.41, 5.74) is 0.909. The number of piperidine rings is 1.